The minimum Gasteiger partial charge on any atom is -0.494 e. The van der Waals surface area contributed by atoms with E-state index in [-0.39, 0.29) is 11.4 Å². The first-order valence-electron chi connectivity index (χ1n) is 11.2. The van der Waals surface area contributed by atoms with Gasteiger partial charge in [-0.1, -0.05) is 24.3 Å². The number of hydrogen-bond donors (Lipinski definition) is 4. The van der Waals surface area contributed by atoms with Gasteiger partial charge in [0.05, 0.1) is 24.9 Å². The van der Waals surface area contributed by atoms with Crippen molar-refractivity contribution in [3.05, 3.63) is 53.1 Å². The van der Waals surface area contributed by atoms with Crippen LogP contribution in [0.25, 0.3) is 0 Å². The number of amides is 2. The number of halogens is 3. The van der Waals surface area contributed by atoms with Crippen LogP contribution in [0.1, 0.15) is 48.2 Å². The fourth-order valence-corrected chi connectivity index (χ4v) is 4.70. The number of nitrogens with one attached hydrogen (secondary N) is 2. The minimum atomic E-state index is -4.91. The van der Waals surface area contributed by atoms with E-state index in [9.17, 15) is 28.2 Å². The van der Waals surface area contributed by atoms with E-state index in [2.05, 4.69) is 10.6 Å². The third-order valence-electron chi connectivity index (χ3n) is 6.39. The lowest BCUT2D eigenvalue weighted by molar-refractivity contribution is -0.207. The number of carbonyl (C=O) groups is 1. The maximum atomic E-state index is 13.4. The molecule has 7 nitrogen and oxygen atoms in total. The molecule has 0 saturated carbocycles. The van der Waals surface area contributed by atoms with E-state index >= 15 is 0 Å². The lowest BCUT2D eigenvalue weighted by Gasteiger charge is -2.31. The summed E-state index contributed by atoms with van der Waals surface area (Å²) in [5, 5.41) is 25.8. The first kappa shape index (κ1) is 24.2. The molecule has 2 aromatic rings. The molecule has 0 radical (unpaired) electrons. The quantitative estimate of drug-likeness (QED) is 0.519. The second-order valence-corrected chi connectivity index (χ2v) is 8.66. The van der Waals surface area contributed by atoms with Crippen LogP contribution in [0, 0.1) is 0 Å². The number of urea groups is 1. The van der Waals surface area contributed by atoms with Crippen molar-refractivity contribution < 1.29 is 32.9 Å². The normalized spacial score (nSPS) is 21.1. The number of alkyl halides is 3. The van der Waals surface area contributed by atoms with Crippen LogP contribution in [-0.4, -0.2) is 48.7 Å². The standard InChI is InChI=1S/C24H28F3N3O4/c1-34-21-17(22(32)24(25,26)27)12-15(30-9-5-2-6-10-30)13-19(21)29-23(33)28-18-11-14-7-3-4-8-16(14)20(18)31/h3-4,7-8,12-13,18,20,22,31-32H,2,5-6,9-11H2,1H3,(H2,28,29,33)/t18-,20+,22?/m1/s1. The number of nitrogens with zero attached hydrogens (tertiary/aromatic N) is 1. The van der Waals surface area contributed by atoms with Crippen molar-refractivity contribution in [1.29, 1.82) is 0 Å². The molecule has 2 aromatic carbocycles. The summed E-state index contributed by atoms with van der Waals surface area (Å²) < 4.78 is 45.5. The van der Waals surface area contributed by atoms with Crippen molar-refractivity contribution in [2.45, 2.75) is 50.1 Å². The number of rotatable bonds is 5. The number of fused-ring (bicyclic) bond motifs is 1. The van der Waals surface area contributed by atoms with Crippen LogP contribution in [0.5, 0.6) is 5.75 Å². The summed E-state index contributed by atoms with van der Waals surface area (Å²) in [6.07, 6.45) is -5.34. The molecule has 184 valence electrons. The smallest absolute Gasteiger partial charge is 0.418 e. The zero-order valence-electron chi connectivity index (χ0n) is 18.7. The maximum absolute atomic E-state index is 13.4. The Morgan fingerprint density at radius 3 is 2.53 bits per heavy atom. The van der Waals surface area contributed by atoms with Crippen LogP contribution in [-0.2, 0) is 6.42 Å². The van der Waals surface area contributed by atoms with Crippen molar-refractivity contribution in [1.82, 2.24) is 5.32 Å². The predicted octanol–water partition coefficient (Wildman–Crippen LogP) is 4.06. The van der Waals surface area contributed by atoms with Gasteiger partial charge in [-0.05, 0) is 48.9 Å². The van der Waals surface area contributed by atoms with E-state index in [4.69, 9.17) is 4.74 Å². The summed E-state index contributed by atoms with van der Waals surface area (Å²) in [5.41, 5.74) is 1.64. The van der Waals surface area contributed by atoms with Gasteiger partial charge in [0.2, 0.25) is 0 Å². The number of benzene rings is 2. The molecule has 34 heavy (non-hydrogen) atoms. The van der Waals surface area contributed by atoms with Gasteiger partial charge < -0.3 is 30.5 Å². The van der Waals surface area contributed by atoms with Crippen molar-refractivity contribution in [3.63, 3.8) is 0 Å². The van der Waals surface area contributed by atoms with E-state index in [1.165, 1.54) is 13.2 Å². The van der Waals surface area contributed by atoms with E-state index in [1.807, 2.05) is 17.0 Å². The molecule has 1 unspecified atom stereocenters. The number of aliphatic hydroxyl groups excluding tert-OH is 2. The number of piperidine rings is 1. The van der Waals surface area contributed by atoms with E-state index in [1.54, 1.807) is 18.2 Å². The Bertz CT molecular complexity index is 1040. The van der Waals surface area contributed by atoms with Gasteiger partial charge in [0, 0.05) is 24.3 Å². The highest BCUT2D eigenvalue weighted by Gasteiger charge is 2.42. The van der Waals surface area contributed by atoms with Crippen LogP contribution >= 0.6 is 0 Å². The molecule has 1 saturated heterocycles. The molecule has 1 heterocycles. The van der Waals surface area contributed by atoms with Gasteiger partial charge in [0.15, 0.2) is 6.10 Å². The first-order chi connectivity index (χ1) is 16.2. The summed E-state index contributed by atoms with van der Waals surface area (Å²) >= 11 is 0. The Labute approximate surface area is 195 Å². The number of carbonyl (C=O) groups excluding carboxylic acids is 1. The molecule has 2 amide bonds. The monoisotopic (exact) mass is 479 g/mol. The molecule has 4 rings (SSSR count). The predicted molar refractivity (Wildman–Crippen MR) is 121 cm³/mol. The molecule has 1 aliphatic heterocycles. The van der Waals surface area contributed by atoms with E-state index in [0.717, 1.165) is 30.4 Å². The Morgan fingerprint density at radius 1 is 1.18 bits per heavy atom. The molecule has 1 aliphatic carbocycles. The highest BCUT2D eigenvalue weighted by molar-refractivity contribution is 5.92. The Hall–Kier alpha value is -2.98. The highest BCUT2D eigenvalue weighted by Crippen LogP contribution is 2.43. The van der Waals surface area contributed by atoms with Gasteiger partial charge in [-0.3, -0.25) is 0 Å². The third-order valence-corrected chi connectivity index (χ3v) is 6.39. The lowest BCUT2D eigenvalue weighted by atomic mass is 10.0. The third kappa shape index (κ3) is 4.92. The van der Waals surface area contributed by atoms with Gasteiger partial charge >= 0.3 is 12.2 Å². The van der Waals surface area contributed by atoms with Crippen LogP contribution in [0.15, 0.2) is 36.4 Å². The van der Waals surface area contributed by atoms with Crippen molar-refractivity contribution in [3.8, 4) is 5.75 Å². The SMILES string of the molecule is COc1c(NC(=O)N[C@@H]2Cc3ccccc3[C@@H]2O)cc(N2CCCCC2)cc1C(O)C(F)(F)F. The lowest BCUT2D eigenvalue weighted by Crippen LogP contribution is -2.40. The summed E-state index contributed by atoms with van der Waals surface area (Å²) in [6, 6.07) is 8.84. The fourth-order valence-electron chi connectivity index (χ4n) is 4.70. The van der Waals surface area contributed by atoms with Crippen molar-refractivity contribution >= 4 is 17.4 Å². The summed E-state index contributed by atoms with van der Waals surface area (Å²) in [6.45, 7) is 1.32. The van der Waals surface area contributed by atoms with Crippen LogP contribution in [0.4, 0.5) is 29.3 Å². The molecule has 2 aliphatic rings. The molecular formula is C24H28F3N3O4. The molecule has 0 spiro atoms. The minimum absolute atomic E-state index is 0.00590. The molecular weight excluding hydrogens is 451 g/mol. The number of anilines is 2. The summed E-state index contributed by atoms with van der Waals surface area (Å²) in [5.74, 6) is -0.268. The van der Waals surface area contributed by atoms with Crippen molar-refractivity contribution in [2.75, 3.05) is 30.4 Å². The fraction of sp³-hybridized carbons (Fsp3) is 0.458. The van der Waals surface area contributed by atoms with Gasteiger partial charge in [-0.15, -0.1) is 0 Å². The van der Waals surface area contributed by atoms with Crippen LogP contribution < -0.4 is 20.3 Å². The summed E-state index contributed by atoms with van der Waals surface area (Å²) in [7, 11) is 1.18. The zero-order valence-corrected chi connectivity index (χ0v) is 18.7. The average molecular weight is 479 g/mol. The molecule has 1 fully saturated rings. The van der Waals surface area contributed by atoms with Gasteiger partial charge in [0.1, 0.15) is 5.75 Å². The highest BCUT2D eigenvalue weighted by atomic mass is 19.4. The molecule has 10 heteroatoms. The Kier molecular flexibility index (Phi) is 6.90. The van der Waals surface area contributed by atoms with Gasteiger partial charge in [-0.25, -0.2) is 4.79 Å². The van der Waals surface area contributed by atoms with E-state index < -0.39 is 36.0 Å². The topological polar surface area (TPSA) is 94.1 Å². The average Bonchev–Trinajstić information content (AvgIpc) is 3.13. The maximum Gasteiger partial charge on any atom is 0.418 e. The Balaban J connectivity index is 1.61. The van der Waals surface area contributed by atoms with Crippen LogP contribution in [0.3, 0.4) is 0 Å². The zero-order chi connectivity index (χ0) is 24.5. The van der Waals surface area contributed by atoms with Crippen LogP contribution in [0.2, 0.25) is 0 Å². The summed E-state index contributed by atoms with van der Waals surface area (Å²) in [4.78, 5) is 14.7. The second-order valence-electron chi connectivity index (χ2n) is 8.66. The van der Waals surface area contributed by atoms with Crippen molar-refractivity contribution in [2.24, 2.45) is 0 Å². The number of aliphatic hydroxyl groups is 2. The second kappa shape index (κ2) is 9.71. The van der Waals surface area contributed by atoms with E-state index in [0.29, 0.717) is 25.2 Å². The Morgan fingerprint density at radius 2 is 1.88 bits per heavy atom. The number of hydrogen-bond acceptors (Lipinski definition) is 5. The molecule has 3 atom stereocenters. The number of methoxy groups -OCH3 is 1. The van der Waals surface area contributed by atoms with Gasteiger partial charge in [0.25, 0.3) is 0 Å². The number of ether oxygens (including phenoxy) is 1. The first-order valence-corrected chi connectivity index (χ1v) is 11.2. The van der Waals surface area contributed by atoms with Gasteiger partial charge in [-0.2, -0.15) is 13.2 Å². The largest absolute Gasteiger partial charge is 0.494 e. The molecule has 4 N–H and O–H groups in total. The molecule has 0 bridgehead atoms. The molecule has 0 aromatic heterocycles.